The van der Waals surface area contributed by atoms with Gasteiger partial charge in [0.25, 0.3) is 0 Å². The highest BCUT2D eigenvalue weighted by Gasteiger charge is 2.00. The Morgan fingerprint density at radius 1 is 1.19 bits per heavy atom. The van der Waals surface area contributed by atoms with Crippen molar-refractivity contribution < 1.29 is 0 Å². The van der Waals surface area contributed by atoms with Crippen molar-refractivity contribution in [1.82, 2.24) is 9.88 Å². The Morgan fingerprint density at radius 3 is 2.62 bits per heavy atom. The molecule has 0 aliphatic carbocycles. The normalized spacial score (nSPS) is 10.6. The van der Waals surface area contributed by atoms with E-state index in [1.165, 1.54) is 11.3 Å². The van der Waals surface area contributed by atoms with Gasteiger partial charge in [0.15, 0.2) is 0 Å². The molecule has 84 valence electrons. The third kappa shape index (κ3) is 2.65. The number of aromatic nitrogens is 1. The lowest BCUT2D eigenvalue weighted by Gasteiger charge is -2.09. The monoisotopic (exact) mass is 234 g/mol. The topological polar surface area (TPSA) is 17.0 Å². The molecule has 1 N–H and O–H groups in total. The minimum absolute atomic E-state index is 0.784. The van der Waals surface area contributed by atoms with E-state index in [0.29, 0.717) is 0 Å². The second kappa shape index (κ2) is 5.19. The fraction of sp³-hybridized carbons (Fsp3) is 0.231. The van der Waals surface area contributed by atoms with Crippen LogP contribution in [0.1, 0.15) is 11.3 Å². The van der Waals surface area contributed by atoms with Crippen molar-refractivity contribution in [3.63, 3.8) is 0 Å². The van der Waals surface area contributed by atoms with Crippen LogP contribution in [-0.2, 0) is 13.1 Å². The molecule has 2 aromatic rings. The summed E-state index contributed by atoms with van der Waals surface area (Å²) in [6, 6.07) is 12.2. The van der Waals surface area contributed by atoms with Gasteiger partial charge in [-0.3, -0.25) is 0 Å². The lowest BCUT2D eigenvalue weighted by atomic mass is 10.2. The van der Waals surface area contributed by atoms with Crippen molar-refractivity contribution >= 4 is 11.6 Å². The maximum absolute atomic E-state index is 5.86. The number of nitrogens with zero attached hydrogens (tertiary/aromatic N) is 1. The molecule has 2 rings (SSSR count). The first-order valence-electron chi connectivity index (χ1n) is 5.32. The zero-order valence-corrected chi connectivity index (χ0v) is 10.0. The van der Waals surface area contributed by atoms with E-state index < -0.39 is 0 Å². The van der Waals surface area contributed by atoms with Crippen molar-refractivity contribution in [3.8, 4) is 0 Å². The molecule has 1 aromatic heterocycles. The smallest absolute Gasteiger partial charge is 0.0473 e. The fourth-order valence-corrected chi connectivity index (χ4v) is 1.86. The Bertz CT molecular complexity index is 445. The average molecular weight is 235 g/mol. The molecule has 2 nitrogen and oxygen atoms in total. The summed E-state index contributed by atoms with van der Waals surface area (Å²) in [5.74, 6) is 0. The van der Waals surface area contributed by atoms with Crippen molar-refractivity contribution in [2.45, 2.75) is 13.1 Å². The maximum atomic E-state index is 5.86. The van der Waals surface area contributed by atoms with E-state index in [1.54, 1.807) is 0 Å². The van der Waals surface area contributed by atoms with Crippen molar-refractivity contribution in [1.29, 1.82) is 0 Å². The zero-order chi connectivity index (χ0) is 11.4. The van der Waals surface area contributed by atoms with Crippen molar-refractivity contribution in [2.24, 2.45) is 0 Å². The van der Waals surface area contributed by atoms with E-state index in [1.807, 2.05) is 19.2 Å². The molecule has 1 heterocycles. The first-order chi connectivity index (χ1) is 7.79. The third-order valence-corrected chi connectivity index (χ3v) is 2.80. The van der Waals surface area contributed by atoms with Crippen molar-refractivity contribution in [3.05, 3.63) is 58.9 Å². The minimum atomic E-state index is 0.784. The Labute approximate surface area is 101 Å². The summed E-state index contributed by atoms with van der Waals surface area (Å²) < 4.78 is 2.24. The third-order valence-electron chi connectivity index (χ3n) is 2.55. The molecule has 0 saturated heterocycles. The molecule has 0 aliphatic heterocycles. The summed E-state index contributed by atoms with van der Waals surface area (Å²) >= 11 is 5.86. The van der Waals surface area contributed by atoms with Gasteiger partial charge in [0, 0.05) is 30.0 Å². The molecule has 16 heavy (non-hydrogen) atoms. The number of hydrogen-bond donors (Lipinski definition) is 1. The molecule has 1 aromatic carbocycles. The van der Waals surface area contributed by atoms with Crippen LogP contribution in [-0.4, -0.2) is 11.6 Å². The van der Waals surface area contributed by atoms with Gasteiger partial charge < -0.3 is 9.88 Å². The van der Waals surface area contributed by atoms with Gasteiger partial charge in [0.05, 0.1) is 0 Å². The van der Waals surface area contributed by atoms with Gasteiger partial charge in [-0.2, -0.15) is 0 Å². The second-order valence-corrected chi connectivity index (χ2v) is 4.22. The first-order valence-corrected chi connectivity index (χ1v) is 5.70. The molecule has 0 bridgehead atoms. The van der Waals surface area contributed by atoms with Gasteiger partial charge in [0.1, 0.15) is 0 Å². The molecule has 0 saturated carbocycles. The molecule has 0 unspecified atom stereocenters. The lowest BCUT2D eigenvalue weighted by molar-refractivity contribution is 0.694. The Balaban J connectivity index is 2.13. The van der Waals surface area contributed by atoms with Crippen LogP contribution in [0.4, 0.5) is 0 Å². The standard InChI is InChI=1S/C13H15ClN2/c1-15-9-13-3-2-8-16(13)10-11-4-6-12(14)7-5-11/h2-8,15H,9-10H2,1H3. The van der Waals surface area contributed by atoms with E-state index >= 15 is 0 Å². The maximum Gasteiger partial charge on any atom is 0.0473 e. The molecule has 0 fully saturated rings. The van der Waals surface area contributed by atoms with Crippen LogP contribution in [0.3, 0.4) is 0 Å². The predicted octanol–water partition coefficient (Wildman–Crippen LogP) is 2.91. The van der Waals surface area contributed by atoms with Gasteiger partial charge >= 0.3 is 0 Å². The fourth-order valence-electron chi connectivity index (χ4n) is 1.73. The minimum Gasteiger partial charge on any atom is -0.346 e. The van der Waals surface area contributed by atoms with E-state index in [4.69, 9.17) is 11.6 Å². The number of benzene rings is 1. The molecule has 0 amide bonds. The predicted molar refractivity (Wildman–Crippen MR) is 67.7 cm³/mol. The first kappa shape index (κ1) is 11.2. The summed E-state index contributed by atoms with van der Waals surface area (Å²) in [7, 11) is 1.96. The molecular formula is C13H15ClN2. The summed E-state index contributed by atoms with van der Waals surface area (Å²) in [6.45, 7) is 1.78. The number of nitrogens with one attached hydrogen (secondary N) is 1. The highest BCUT2D eigenvalue weighted by atomic mass is 35.5. The van der Waals surface area contributed by atoms with Gasteiger partial charge in [-0.25, -0.2) is 0 Å². The van der Waals surface area contributed by atoms with Gasteiger partial charge in [-0.05, 0) is 36.9 Å². The largest absolute Gasteiger partial charge is 0.346 e. The Morgan fingerprint density at radius 2 is 1.94 bits per heavy atom. The average Bonchev–Trinajstić information content (AvgIpc) is 2.70. The molecule has 0 spiro atoms. The van der Waals surface area contributed by atoms with Crippen LogP contribution in [0.25, 0.3) is 0 Å². The second-order valence-electron chi connectivity index (χ2n) is 3.78. The van der Waals surface area contributed by atoms with Crippen LogP contribution in [0.15, 0.2) is 42.6 Å². The van der Waals surface area contributed by atoms with Crippen molar-refractivity contribution in [2.75, 3.05) is 7.05 Å². The van der Waals surface area contributed by atoms with Crippen LogP contribution >= 0.6 is 11.6 Å². The molecule has 0 atom stereocenters. The summed E-state index contributed by atoms with van der Waals surface area (Å²) in [4.78, 5) is 0. The van der Waals surface area contributed by atoms with E-state index in [9.17, 15) is 0 Å². The highest BCUT2D eigenvalue weighted by Crippen LogP contribution is 2.12. The van der Waals surface area contributed by atoms with Gasteiger partial charge in [-0.15, -0.1) is 0 Å². The number of rotatable bonds is 4. The molecule has 3 heteroatoms. The molecule has 0 radical (unpaired) electrons. The van der Waals surface area contributed by atoms with Gasteiger partial charge in [-0.1, -0.05) is 23.7 Å². The summed E-state index contributed by atoms with van der Waals surface area (Å²) in [5.41, 5.74) is 2.55. The number of halogens is 1. The number of hydrogen-bond acceptors (Lipinski definition) is 1. The lowest BCUT2D eigenvalue weighted by Crippen LogP contribution is -2.11. The van der Waals surface area contributed by atoms with Crippen LogP contribution < -0.4 is 5.32 Å². The van der Waals surface area contributed by atoms with Gasteiger partial charge in [0.2, 0.25) is 0 Å². The zero-order valence-electron chi connectivity index (χ0n) is 9.28. The molecular weight excluding hydrogens is 220 g/mol. The van der Waals surface area contributed by atoms with E-state index in [2.05, 4.69) is 40.3 Å². The molecule has 0 aliphatic rings. The summed E-state index contributed by atoms with van der Waals surface area (Å²) in [5, 5.41) is 3.95. The highest BCUT2D eigenvalue weighted by molar-refractivity contribution is 6.30. The van der Waals surface area contributed by atoms with Crippen LogP contribution in [0, 0.1) is 0 Å². The quantitative estimate of drug-likeness (QED) is 0.861. The van der Waals surface area contributed by atoms with Crippen LogP contribution in [0.5, 0.6) is 0 Å². The summed E-state index contributed by atoms with van der Waals surface area (Å²) in [6.07, 6.45) is 2.10. The van der Waals surface area contributed by atoms with Crippen LogP contribution in [0.2, 0.25) is 5.02 Å². The Hall–Kier alpha value is -1.25. The Kier molecular flexibility index (Phi) is 3.65. The van der Waals surface area contributed by atoms with E-state index in [-0.39, 0.29) is 0 Å². The van der Waals surface area contributed by atoms with E-state index in [0.717, 1.165) is 18.1 Å². The SMILES string of the molecule is CNCc1cccn1Cc1ccc(Cl)cc1.